The number of carboxylic acids is 1. The summed E-state index contributed by atoms with van der Waals surface area (Å²) >= 11 is 0. The van der Waals surface area contributed by atoms with Crippen molar-refractivity contribution in [1.82, 2.24) is 4.98 Å². The van der Waals surface area contributed by atoms with Gasteiger partial charge in [-0.2, -0.15) is 0 Å². The lowest BCUT2D eigenvalue weighted by molar-refractivity contribution is -0.138. The first-order valence-corrected chi connectivity index (χ1v) is 5.32. The number of rotatable bonds is 2. The number of aliphatic carboxylic acids is 1. The van der Waals surface area contributed by atoms with Gasteiger partial charge in [-0.15, -0.1) is 0 Å². The fraction of sp³-hybridized carbons (Fsp3) is 0.500. The van der Waals surface area contributed by atoms with Crippen molar-refractivity contribution in [3.05, 3.63) is 29.1 Å². The predicted molar refractivity (Wildman–Crippen MR) is 57.0 cm³/mol. The lowest BCUT2D eigenvalue weighted by Crippen LogP contribution is -2.08. The molecule has 1 aliphatic carbocycles. The first-order valence-electron chi connectivity index (χ1n) is 5.32. The molecule has 0 bridgehead atoms. The van der Waals surface area contributed by atoms with Crippen LogP contribution >= 0.6 is 0 Å². The summed E-state index contributed by atoms with van der Waals surface area (Å²) in [6.45, 7) is 4.19. The summed E-state index contributed by atoms with van der Waals surface area (Å²) in [6.07, 6.45) is 1.49. The summed E-state index contributed by atoms with van der Waals surface area (Å²) in [5.74, 6) is -0.666. The summed E-state index contributed by atoms with van der Waals surface area (Å²) in [6, 6.07) is 3.88. The highest BCUT2D eigenvalue weighted by molar-refractivity contribution is 5.77. The highest BCUT2D eigenvalue weighted by Crippen LogP contribution is 2.32. The van der Waals surface area contributed by atoms with Crippen LogP contribution < -0.4 is 0 Å². The van der Waals surface area contributed by atoms with Crippen LogP contribution in [-0.4, -0.2) is 16.1 Å². The molecule has 1 aromatic heterocycles. The van der Waals surface area contributed by atoms with Crippen LogP contribution in [-0.2, 0) is 11.2 Å². The number of carboxylic acid groups (broad SMARTS) is 1. The molecule has 0 radical (unpaired) electrons. The summed E-state index contributed by atoms with van der Waals surface area (Å²) in [7, 11) is 0. The number of aryl methyl sites for hydroxylation is 1. The van der Waals surface area contributed by atoms with Crippen LogP contribution in [0.4, 0.5) is 0 Å². The first kappa shape index (κ1) is 10.1. The van der Waals surface area contributed by atoms with E-state index in [1.54, 1.807) is 0 Å². The topological polar surface area (TPSA) is 50.2 Å². The largest absolute Gasteiger partial charge is 0.481 e. The van der Waals surface area contributed by atoms with Crippen molar-refractivity contribution in [3.63, 3.8) is 0 Å². The Balaban J connectivity index is 2.37. The molecule has 15 heavy (non-hydrogen) atoms. The van der Waals surface area contributed by atoms with Gasteiger partial charge in [0.2, 0.25) is 0 Å². The maximum atomic E-state index is 11.0. The van der Waals surface area contributed by atoms with E-state index in [1.807, 2.05) is 12.1 Å². The van der Waals surface area contributed by atoms with E-state index in [-0.39, 0.29) is 5.92 Å². The van der Waals surface area contributed by atoms with Crippen molar-refractivity contribution in [2.75, 3.05) is 0 Å². The molecule has 1 N–H and O–H groups in total. The Labute approximate surface area is 89.2 Å². The molecule has 80 valence electrons. The van der Waals surface area contributed by atoms with Gasteiger partial charge in [0.25, 0.3) is 0 Å². The Morgan fingerprint density at radius 1 is 1.53 bits per heavy atom. The number of aromatic nitrogens is 1. The second-order valence-corrected chi connectivity index (χ2v) is 4.36. The zero-order chi connectivity index (χ0) is 11.0. The van der Waals surface area contributed by atoms with Crippen molar-refractivity contribution in [2.24, 2.45) is 0 Å². The van der Waals surface area contributed by atoms with Crippen molar-refractivity contribution in [3.8, 4) is 0 Å². The van der Waals surface area contributed by atoms with E-state index >= 15 is 0 Å². The maximum Gasteiger partial charge on any atom is 0.311 e. The number of fused-ring (bicyclic) bond motifs is 1. The summed E-state index contributed by atoms with van der Waals surface area (Å²) in [5, 5.41) is 9.01. The summed E-state index contributed by atoms with van der Waals surface area (Å²) < 4.78 is 0. The predicted octanol–water partition coefficient (Wildman–Crippen LogP) is 2.32. The van der Waals surface area contributed by atoms with Gasteiger partial charge in [0.1, 0.15) is 0 Å². The minimum Gasteiger partial charge on any atom is -0.481 e. The summed E-state index contributed by atoms with van der Waals surface area (Å²) in [5.41, 5.74) is 2.94. The second-order valence-electron chi connectivity index (χ2n) is 4.36. The highest BCUT2D eigenvalue weighted by atomic mass is 16.4. The molecule has 0 fully saturated rings. The maximum absolute atomic E-state index is 11.0. The highest BCUT2D eigenvalue weighted by Gasteiger charge is 2.29. The van der Waals surface area contributed by atoms with Crippen LogP contribution in [0.2, 0.25) is 0 Å². The Hall–Kier alpha value is -1.38. The standard InChI is InChI=1S/C12H15NO2/c1-7(2)10-5-3-8-9(12(14)15)4-6-11(8)13-10/h3,5,7,9H,4,6H2,1-2H3,(H,14,15). The summed E-state index contributed by atoms with van der Waals surface area (Å²) in [4.78, 5) is 15.5. The molecule has 3 nitrogen and oxygen atoms in total. The van der Waals surface area contributed by atoms with E-state index in [4.69, 9.17) is 5.11 Å². The first-order chi connectivity index (χ1) is 7.09. The molecule has 0 aliphatic heterocycles. The smallest absolute Gasteiger partial charge is 0.311 e. The van der Waals surface area contributed by atoms with E-state index in [0.717, 1.165) is 23.4 Å². The molecule has 1 heterocycles. The third-order valence-electron chi connectivity index (χ3n) is 2.97. The van der Waals surface area contributed by atoms with Crippen LogP contribution in [0, 0.1) is 0 Å². The van der Waals surface area contributed by atoms with Crippen LogP contribution in [0.15, 0.2) is 12.1 Å². The SMILES string of the molecule is CC(C)c1ccc2c(n1)CCC2C(=O)O. The molecule has 0 amide bonds. The van der Waals surface area contributed by atoms with Crippen LogP contribution in [0.5, 0.6) is 0 Å². The Kier molecular flexibility index (Phi) is 2.47. The molecule has 0 saturated carbocycles. The minimum atomic E-state index is -0.729. The molecule has 1 unspecified atom stereocenters. The molecule has 0 spiro atoms. The number of pyridine rings is 1. The average molecular weight is 205 g/mol. The average Bonchev–Trinajstić information content (AvgIpc) is 2.59. The van der Waals surface area contributed by atoms with Gasteiger partial charge >= 0.3 is 5.97 Å². The van der Waals surface area contributed by atoms with Crippen molar-refractivity contribution < 1.29 is 9.90 Å². The molecule has 0 aromatic carbocycles. The number of hydrogen-bond donors (Lipinski definition) is 1. The number of nitrogens with zero attached hydrogens (tertiary/aromatic N) is 1. The van der Waals surface area contributed by atoms with E-state index in [1.165, 1.54) is 0 Å². The van der Waals surface area contributed by atoms with E-state index in [2.05, 4.69) is 18.8 Å². The van der Waals surface area contributed by atoms with Crippen LogP contribution in [0.25, 0.3) is 0 Å². The van der Waals surface area contributed by atoms with Crippen molar-refractivity contribution >= 4 is 5.97 Å². The van der Waals surface area contributed by atoms with Gasteiger partial charge in [-0.25, -0.2) is 0 Å². The quantitative estimate of drug-likeness (QED) is 0.806. The molecule has 1 aliphatic rings. The minimum absolute atomic E-state index is 0.339. The molecule has 2 rings (SSSR count). The van der Waals surface area contributed by atoms with Gasteiger partial charge in [0.15, 0.2) is 0 Å². The van der Waals surface area contributed by atoms with Gasteiger partial charge in [0.05, 0.1) is 5.92 Å². The molecule has 3 heteroatoms. The molecule has 0 saturated heterocycles. The van der Waals surface area contributed by atoms with Gasteiger partial charge in [-0.1, -0.05) is 19.9 Å². The van der Waals surface area contributed by atoms with E-state index < -0.39 is 5.97 Å². The van der Waals surface area contributed by atoms with E-state index in [0.29, 0.717) is 12.3 Å². The Morgan fingerprint density at radius 3 is 2.87 bits per heavy atom. The monoisotopic (exact) mass is 205 g/mol. The number of carbonyl (C=O) groups is 1. The number of hydrogen-bond acceptors (Lipinski definition) is 2. The Morgan fingerprint density at radius 2 is 2.27 bits per heavy atom. The molecular weight excluding hydrogens is 190 g/mol. The van der Waals surface area contributed by atoms with Gasteiger partial charge in [0, 0.05) is 11.4 Å². The lowest BCUT2D eigenvalue weighted by Gasteiger charge is -2.08. The third kappa shape index (κ3) is 1.74. The lowest BCUT2D eigenvalue weighted by atomic mass is 10.0. The van der Waals surface area contributed by atoms with Gasteiger partial charge < -0.3 is 5.11 Å². The molecule has 1 aromatic rings. The fourth-order valence-electron chi connectivity index (χ4n) is 2.06. The van der Waals surface area contributed by atoms with Crippen LogP contribution in [0.3, 0.4) is 0 Å². The van der Waals surface area contributed by atoms with E-state index in [9.17, 15) is 4.79 Å². The van der Waals surface area contributed by atoms with Crippen molar-refractivity contribution in [1.29, 1.82) is 0 Å². The third-order valence-corrected chi connectivity index (χ3v) is 2.97. The van der Waals surface area contributed by atoms with Crippen LogP contribution in [0.1, 0.15) is 49.1 Å². The fourth-order valence-corrected chi connectivity index (χ4v) is 2.06. The normalized spacial score (nSPS) is 19.3. The van der Waals surface area contributed by atoms with Gasteiger partial charge in [-0.3, -0.25) is 9.78 Å². The molecular formula is C12H15NO2. The Bertz CT molecular complexity index is 399. The van der Waals surface area contributed by atoms with Crippen molar-refractivity contribution in [2.45, 2.75) is 38.5 Å². The second kappa shape index (κ2) is 3.65. The zero-order valence-electron chi connectivity index (χ0n) is 9.03. The van der Waals surface area contributed by atoms with Gasteiger partial charge in [-0.05, 0) is 30.4 Å². The zero-order valence-corrected chi connectivity index (χ0v) is 9.03. The molecule has 1 atom stereocenters.